The maximum atomic E-state index is 5.38. The molecule has 3 atom stereocenters. The van der Waals surface area contributed by atoms with Crippen molar-refractivity contribution in [3.05, 3.63) is 65.2 Å². The number of nitrogens with zero attached hydrogens (tertiary/aromatic N) is 2. The summed E-state index contributed by atoms with van der Waals surface area (Å²) in [6.07, 6.45) is 5.47. The lowest BCUT2D eigenvalue weighted by molar-refractivity contribution is -0.105. The third-order valence-electron chi connectivity index (χ3n) is 9.14. The lowest BCUT2D eigenvalue weighted by Crippen LogP contribution is -2.64. The molecule has 2 saturated heterocycles. The van der Waals surface area contributed by atoms with E-state index in [2.05, 4.69) is 84.4 Å². The van der Waals surface area contributed by atoms with Crippen LogP contribution >= 0.6 is 0 Å². The molecule has 0 amide bonds. The van der Waals surface area contributed by atoms with Crippen LogP contribution in [0, 0.1) is 5.41 Å². The van der Waals surface area contributed by atoms with E-state index in [1.165, 1.54) is 49.9 Å². The van der Waals surface area contributed by atoms with Gasteiger partial charge in [0.2, 0.25) is 0 Å². The molecule has 1 N–H and O–H groups in total. The first kappa shape index (κ1) is 23.8. The third-order valence-corrected chi connectivity index (χ3v) is 9.14. The first-order chi connectivity index (χ1) is 16.5. The molecule has 2 heterocycles. The molecule has 4 nitrogen and oxygen atoms in total. The average Bonchev–Trinajstić information content (AvgIpc) is 2.86. The van der Waals surface area contributed by atoms with Crippen LogP contribution in [0.2, 0.25) is 0 Å². The number of hydrogen-bond acceptors (Lipinski definition) is 4. The van der Waals surface area contributed by atoms with E-state index >= 15 is 0 Å². The van der Waals surface area contributed by atoms with Crippen LogP contribution in [0.4, 0.5) is 0 Å². The van der Waals surface area contributed by atoms with Crippen molar-refractivity contribution in [2.45, 2.75) is 77.0 Å². The Kier molecular flexibility index (Phi) is 7.02. The van der Waals surface area contributed by atoms with E-state index in [0.29, 0.717) is 23.4 Å². The molecule has 1 saturated carbocycles. The number of nitrogens with one attached hydrogen (secondary N) is 1. The number of piperazine rings is 1. The van der Waals surface area contributed by atoms with Crippen molar-refractivity contribution in [1.29, 1.82) is 0 Å². The Hall–Kier alpha value is -1.88. The zero-order valence-electron chi connectivity index (χ0n) is 21.6. The molecule has 1 spiro atoms. The second-order valence-corrected chi connectivity index (χ2v) is 11.2. The van der Waals surface area contributed by atoms with Gasteiger partial charge in [0.1, 0.15) is 5.75 Å². The first-order valence-corrected chi connectivity index (χ1v) is 13.4. The Balaban J connectivity index is 1.46. The quantitative estimate of drug-likeness (QED) is 0.606. The number of piperidine rings is 1. The summed E-state index contributed by atoms with van der Waals surface area (Å²) in [5.74, 6) is 1.47. The van der Waals surface area contributed by atoms with Crippen molar-refractivity contribution in [2.24, 2.45) is 5.41 Å². The highest BCUT2D eigenvalue weighted by molar-refractivity contribution is 5.35. The average molecular weight is 462 g/mol. The van der Waals surface area contributed by atoms with Gasteiger partial charge in [-0.15, -0.1) is 0 Å². The Bertz CT molecular complexity index is 950. The van der Waals surface area contributed by atoms with E-state index in [-0.39, 0.29) is 0 Å². The SMILES string of the molecule is COc1ccc(CN2CCN(C3CCC34CCNCC4)C(c3ccccc3C(C)C)C2C)cc1. The van der Waals surface area contributed by atoms with Gasteiger partial charge in [0.25, 0.3) is 0 Å². The van der Waals surface area contributed by atoms with E-state index in [9.17, 15) is 0 Å². The number of rotatable bonds is 6. The lowest BCUT2D eigenvalue weighted by atomic mass is 9.58. The fraction of sp³-hybridized carbons (Fsp3) is 0.600. The Morgan fingerprint density at radius 1 is 1.00 bits per heavy atom. The van der Waals surface area contributed by atoms with Gasteiger partial charge < -0.3 is 10.1 Å². The highest BCUT2D eigenvalue weighted by atomic mass is 16.5. The number of methoxy groups -OCH3 is 1. The highest BCUT2D eigenvalue weighted by Crippen LogP contribution is 2.53. The molecule has 3 fully saturated rings. The van der Waals surface area contributed by atoms with Gasteiger partial charge in [-0.3, -0.25) is 9.80 Å². The smallest absolute Gasteiger partial charge is 0.118 e. The minimum atomic E-state index is 0.447. The van der Waals surface area contributed by atoms with E-state index in [1.807, 2.05) is 0 Å². The highest BCUT2D eigenvalue weighted by Gasteiger charge is 2.53. The Labute approximate surface area is 206 Å². The van der Waals surface area contributed by atoms with Crippen LogP contribution in [0.1, 0.15) is 75.1 Å². The molecule has 2 aromatic rings. The minimum Gasteiger partial charge on any atom is -0.497 e. The van der Waals surface area contributed by atoms with Crippen LogP contribution in [0.25, 0.3) is 0 Å². The normalized spacial score (nSPS) is 27.6. The van der Waals surface area contributed by atoms with Gasteiger partial charge in [0, 0.05) is 31.7 Å². The maximum absolute atomic E-state index is 5.38. The largest absolute Gasteiger partial charge is 0.497 e. The summed E-state index contributed by atoms with van der Waals surface area (Å²) < 4.78 is 5.38. The van der Waals surface area contributed by atoms with Crippen molar-refractivity contribution in [1.82, 2.24) is 15.1 Å². The summed E-state index contributed by atoms with van der Waals surface area (Å²) in [5.41, 5.74) is 4.99. The lowest BCUT2D eigenvalue weighted by Gasteiger charge is -2.61. The van der Waals surface area contributed by atoms with Crippen molar-refractivity contribution >= 4 is 0 Å². The van der Waals surface area contributed by atoms with Gasteiger partial charge in [-0.2, -0.15) is 0 Å². The van der Waals surface area contributed by atoms with Gasteiger partial charge in [0.05, 0.1) is 13.2 Å². The van der Waals surface area contributed by atoms with Crippen LogP contribution in [0.5, 0.6) is 5.75 Å². The molecule has 3 unspecified atom stereocenters. The van der Waals surface area contributed by atoms with Gasteiger partial charge in [-0.05, 0) is 85.9 Å². The molecule has 2 aromatic carbocycles. The molecule has 3 aliphatic rings. The zero-order chi connectivity index (χ0) is 23.7. The molecule has 2 aliphatic heterocycles. The van der Waals surface area contributed by atoms with Crippen LogP contribution < -0.4 is 10.1 Å². The predicted octanol–water partition coefficient (Wildman–Crippen LogP) is 5.60. The van der Waals surface area contributed by atoms with Crippen LogP contribution in [-0.4, -0.2) is 55.2 Å². The van der Waals surface area contributed by atoms with Gasteiger partial charge in [-0.1, -0.05) is 50.2 Å². The topological polar surface area (TPSA) is 27.7 Å². The van der Waals surface area contributed by atoms with E-state index in [0.717, 1.165) is 31.4 Å². The Morgan fingerprint density at radius 3 is 2.38 bits per heavy atom. The van der Waals surface area contributed by atoms with Crippen molar-refractivity contribution < 1.29 is 4.74 Å². The maximum Gasteiger partial charge on any atom is 0.118 e. The molecular formula is C30H43N3O. The summed E-state index contributed by atoms with van der Waals surface area (Å²) in [6, 6.07) is 19.6. The number of ether oxygens (including phenoxy) is 1. The molecule has 184 valence electrons. The molecule has 34 heavy (non-hydrogen) atoms. The van der Waals surface area contributed by atoms with Crippen molar-refractivity contribution in [3.63, 3.8) is 0 Å². The Morgan fingerprint density at radius 2 is 1.74 bits per heavy atom. The molecular weight excluding hydrogens is 418 g/mol. The fourth-order valence-electron chi connectivity index (χ4n) is 7.05. The summed E-state index contributed by atoms with van der Waals surface area (Å²) in [4.78, 5) is 5.67. The standard InChI is InChI=1S/C30H43N3O/c1-22(2)26-7-5-6-8-27(26)29-23(3)32(21-24-9-11-25(34-4)12-10-24)19-20-33(29)28-13-14-30(28)15-17-31-18-16-30/h5-12,22-23,28-29,31H,13-21H2,1-4H3. The summed E-state index contributed by atoms with van der Waals surface area (Å²) >= 11 is 0. The van der Waals surface area contributed by atoms with Crippen LogP contribution in [-0.2, 0) is 6.54 Å². The third kappa shape index (κ3) is 4.41. The molecule has 5 rings (SSSR count). The van der Waals surface area contributed by atoms with Gasteiger partial charge >= 0.3 is 0 Å². The van der Waals surface area contributed by atoms with Crippen LogP contribution in [0.3, 0.4) is 0 Å². The molecule has 0 radical (unpaired) electrons. The van der Waals surface area contributed by atoms with Gasteiger partial charge in [-0.25, -0.2) is 0 Å². The number of hydrogen-bond donors (Lipinski definition) is 1. The van der Waals surface area contributed by atoms with E-state index in [4.69, 9.17) is 4.74 Å². The summed E-state index contributed by atoms with van der Waals surface area (Å²) in [6.45, 7) is 12.9. The summed E-state index contributed by atoms with van der Waals surface area (Å²) in [7, 11) is 1.74. The monoisotopic (exact) mass is 461 g/mol. The number of benzene rings is 2. The van der Waals surface area contributed by atoms with Crippen molar-refractivity contribution in [2.75, 3.05) is 33.3 Å². The second kappa shape index (κ2) is 10.0. The fourth-order valence-corrected chi connectivity index (χ4v) is 7.05. The molecule has 0 bridgehead atoms. The van der Waals surface area contributed by atoms with Crippen molar-refractivity contribution in [3.8, 4) is 5.75 Å². The first-order valence-electron chi connectivity index (χ1n) is 13.4. The second-order valence-electron chi connectivity index (χ2n) is 11.2. The predicted molar refractivity (Wildman–Crippen MR) is 140 cm³/mol. The zero-order valence-corrected chi connectivity index (χ0v) is 21.6. The van der Waals surface area contributed by atoms with E-state index < -0.39 is 0 Å². The van der Waals surface area contributed by atoms with E-state index in [1.54, 1.807) is 12.7 Å². The van der Waals surface area contributed by atoms with Crippen LogP contribution in [0.15, 0.2) is 48.5 Å². The molecule has 4 heteroatoms. The molecule has 1 aliphatic carbocycles. The summed E-state index contributed by atoms with van der Waals surface area (Å²) in [5, 5.41) is 3.61. The van der Waals surface area contributed by atoms with Gasteiger partial charge in [0.15, 0.2) is 0 Å². The molecule has 0 aromatic heterocycles. The minimum absolute atomic E-state index is 0.447.